The van der Waals surface area contributed by atoms with Crippen LogP contribution >= 0.6 is 11.6 Å². The lowest BCUT2D eigenvalue weighted by molar-refractivity contribution is 0.496. The first-order valence-electron chi connectivity index (χ1n) is 6.34. The standard InChI is InChI=1S/C13H15ClN2O2S/c14-9-13(7-3-4-8-13)15-12-10-5-1-2-6-11(10)19(17,18)16-12/h1-2,5-6H,3-4,7-9H2,(H,15,16). The van der Waals surface area contributed by atoms with Crippen molar-refractivity contribution in [3.8, 4) is 0 Å². The molecule has 1 fully saturated rings. The van der Waals surface area contributed by atoms with E-state index >= 15 is 0 Å². The summed E-state index contributed by atoms with van der Waals surface area (Å²) in [6, 6.07) is 6.91. The highest BCUT2D eigenvalue weighted by atomic mass is 35.5. The molecule has 0 unspecified atom stereocenters. The summed E-state index contributed by atoms with van der Waals surface area (Å²) < 4.78 is 26.6. The van der Waals surface area contributed by atoms with E-state index in [9.17, 15) is 8.42 Å². The van der Waals surface area contributed by atoms with E-state index in [2.05, 4.69) is 9.71 Å². The fourth-order valence-corrected chi connectivity index (χ4v) is 4.32. The van der Waals surface area contributed by atoms with Crippen LogP contribution in [0.15, 0.2) is 34.2 Å². The van der Waals surface area contributed by atoms with E-state index in [0.29, 0.717) is 22.2 Å². The number of aliphatic imine (C=N–C) groups is 1. The Bertz CT molecular complexity index is 634. The zero-order valence-electron chi connectivity index (χ0n) is 10.4. The van der Waals surface area contributed by atoms with Crippen LogP contribution in [-0.2, 0) is 10.0 Å². The zero-order valence-corrected chi connectivity index (χ0v) is 12.0. The third-order valence-corrected chi connectivity index (χ3v) is 5.69. The number of amidine groups is 1. The quantitative estimate of drug-likeness (QED) is 0.852. The summed E-state index contributed by atoms with van der Waals surface area (Å²) in [5.74, 6) is 0.874. The smallest absolute Gasteiger partial charge is 0.263 e. The maximum Gasteiger partial charge on any atom is 0.263 e. The third kappa shape index (κ3) is 2.15. The molecule has 1 aromatic rings. The van der Waals surface area contributed by atoms with E-state index in [1.165, 1.54) is 0 Å². The number of nitrogens with one attached hydrogen (secondary N) is 1. The number of fused-ring (bicyclic) bond motifs is 1. The van der Waals surface area contributed by atoms with E-state index in [-0.39, 0.29) is 5.54 Å². The minimum Gasteiger partial charge on any atom is -0.263 e. The summed E-state index contributed by atoms with van der Waals surface area (Å²) in [5, 5.41) is 0. The summed E-state index contributed by atoms with van der Waals surface area (Å²) in [5.41, 5.74) is 0.343. The molecule has 1 aliphatic carbocycles. The number of hydrogen-bond donors (Lipinski definition) is 1. The molecule has 19 heavy (non-hydrogen) atoms. The summed E-state index contributed by atoms with van der Waals surface area (Å²) in [4.78, 5) is 4.96. The molecule has 102 valence electrons. The van der Waals surface area contributed by atoms with Gasteiger partial charge in [-0.2, -0.15) is 0 Å². The molecule has 1 N–H and O–H groups in total. The van der Waals surface area contributed by atoms with Crippen LogP contribution < -0.4 is 4.72 Å². The number of rotatable bonds is 2. The topological polar surface area (TPSA) is 58.5 Å². The average molecular weight is 299 g/mol. The fraction of sp³-hybridized carbons (Fsp3) is 0.462. The highest BCUT2D eigenvalue weighted by Crippen LogP contribution is 2.36. The Morgan fingerprint density at radius 2 is 1.95 bits per heavy atom. The molecular formula is C13H15ClN2O2S. The van der Waals surface area contributed by atoms with Gasteiger partial charge in [-0.05, 0) is 25.0 Å². The van der Waals surface area contributed by atoms with Crippen LogP contribution in [0.4, 0.5) is 0 Å². The van der Waals surface area contributed by atoms with Gasteiger partial charge in [-0.1, -0.05) is 25.0 Å². The summed E-state index contributed by atoms with van der Waals surface area (Å²) >= 11 is 6.06. The molecule has 1 aliphatic heterocycles. The number of sulfonamides is 1. The van der Waals surface area contributed by atoms with Crippen LogP contribution in [0.3, 0.4) is 0 Å². The number of benzene rings is 1. The number of halogens is 1. The molecule has 0 bridgehead atoms. The van der Waals surface area contributed by atoms with Gasteiger partial charge in [-0.15, -0.1) is 11.6 Å². The van der Waals surface area contributed by atoms with Gasteiger partial charge in [0.2, 0.25) is 0 Å². The molecule has 2 aliphatic rings. The van der Waals surface area contributed by atoms with Gasteiger partial charge >= 0.3 is 0 Å². The van der Waals surface area contributed by atoms with Crippen molar-refractivity contribution in [3.63, 3.8) is 0 Å². The van der Waals surface area contributed by atoms with Crippen LogP contribution in [0.1, 0.15) is 31.2 Å². The van der Waals surface area contributed by atoms with Crippen LogP contribution in [0.25, 0.3) is 0 Å². The van der Waals surface area contributed by atoms with Crippen molar-refractivity contribution in [1.29, 1.82) is 0 Å². The van der Waals surface area contributed by atoms with Gasteiger partial charge in [0, 0.05) is 11.4 Å². The van der Waals surface area contributed by atoms with E-state index in [0.717, 1.165) is 25.7 Å². The predicted molar refractivity (Wildman–Crippen MR) is 75.2 cm³/mol. The van der Waals surface area contributed by atoms with Crippen molar-refractivity contribution in [3.05, 3.63) is 29.8 Å². The van der Waals surface area contributed by atoms with Crippen molar-refractivity contribution in [2.45, 2.75) is 36.1 Å². The van der Waals surface area contributed by atoms with Crippen molar-refractivity contribution in [2.75, 3.05) is 5.88 Å². The molecule has 0 atom stereocenters. The van der Waals surface area contributed by atoms with Crippen molar-refractivity contribution < 1.29 is 8.42 Å². The van der Waals surface area contributed by atoms with Gasteiger partial charge < -0.3 is 0 Å². The maximum atomic E-state index is 12.0. The maximum absolute atomic E-state index is 12.0. The minimum atomic E-state index is -3.46. The van der Waals surface area contributed by atoms with Crippen molar-refractivity contribution in [1.82, 2.24) is 4.72 Å². The van der Waals surface area contributed by atoms with E-state index in [4.69, 9.17) is 11.6 Å². The van der Waals surface area contributed by atoms with E-state index in [1.807, 2.05) is 6.07 Å². The summed E-state index contributed by atoms with van der Waals surface area (Å²) in [7, 11) is -3.46. The SMILES string of the molecule is O=S1(=O)NC(=NC2(CCl)CCCC2)c2ccccc21. The predicted octanol–water partition coefficient (Wildman–Crippen LogP) is 2.28. The largest absolute Gasteiger partial charge is 0.263 e. The Balaban J connectivity index is 2.09. The van der Waals surface area contributed by atoms with Gasteiger partial charge in [0.1, 0.15) is 5.84 Å². The Morgan fingerprint density at radius 1 is 1.26 bits per heavy atom. The summed E-state index contributed by atoms with van der Waals surface area (Å²) in [6.45, 7) is 0. The number of nitrogens with zero attached hydrogens (tertiary/aromatic N) is 1. The second-order valence-corrected chi connectivity index (χ2v) is 7.05. The molecule has 6 heteroatoms. The first-order valence-corrected chi connectivity index (χ1v) is 8.36. The fourth-order valence-electron chi connectivity index (χ4n) is 2.76. The Labute approximate surface area is 117 Å². The van der Waals surface area contributed by atoms with Crippen molar-refractivity contribution >= 4 is 27.5 Å². The second kappa shape index (κ2) is 4.49. The van der Waals surface area contributed by atoms with Crippen LogP contribution in [0.2, 0.25) is 0 Å². The average Bonchev–Trinajstić information content (AvgIpc) is 2.95. The molecule has 3 rings (SSSR count). The lowest BCUT2D eigenvalue weighted by Crippen LogP contribution is -2.31. The second-order valence-electron chi connectivity index (χ2n) is 5.13. The highest BCUT2D eigenvalue weighted by Gasteiger charge is 2.37. The van der Waals surface area contributed by atoms with Crippen LogP contribution in [0.5, 0.6) is 0 Å². The molecule has 0 saturated heterocycles. The van der Waals surface area contributed by atoms with Crippen LogP contribution in [-0.4, -0.2) is 25.7 Å². The van der Waals surface area contributed by atoms with Crippen LogP contribution in [0, 0.1) is 0 Å². The van der Waals surface area contributed by atoms with Gasteiger partial charge in [0.05, 0.1) is 10.4 Å². The molecule has 0 spiro atoms. The molecule has 0 aromatic heterocycles. The normalized spacial score (nSPS) is 25.2. The lowest BCUT2D eigenvalue weighted by atomic mass is 10.0. The first kappa shape index (κ1) is 12.9. The number of alkyl halides is 1. The van der Waals surface area contributed by atoms with Gasteiger partial charge in [0.15, 0.2) is 0 Å². The summed E-state index contributed by atoms with van der Waals surface area (Å²) in [6.07, 6.45) is 4.03. The third-order valence-electron chi connectivity index (χ3n) is 3.79. The minimum absolute atomic E-state index is 0.302. The Hall–Kier alpha value is -1.07. The van der Waals surface area contributed by atoms with Gasteiger partial charge in [-0.25, -0.2) is 8.42 Å². The monoisotopic (exact) mass is 298 g/mol. The van der Waals surface area contributed by atoms with E-state index < -0.39 is 10.0 Å². The molecule has 0 amide bonds. The molecule has 4 nitrogen and oxygen atoms in total. The molecule has 1 heterocycles. The zero-order chi connectivity index (χ0) is 13.5. The highest BCUT2D eigenvalue weighted by molar-refractivity contribution is 7.90. The first-order chi connectivity index (χ1) is 9.06. The van der Waals surface area contributed by atoms with Gasteiger partial charge in [0.25, 0.3) is 10.0 Å². The number of hydrogen-bond acceptors (Lipinski definition) is 3. The Kier molecular flexibility index (Phi) is 3.06. The van der Waals surface area contributed by atoms with Crippen molar-refractivity contribution in [2.24, 2.45) is 4.99 Å². The molecule has 1 aromatic carbocycles. The van der Waals surface area contributed by atoms with E-state index in [1.54, 1.807) is 18.2 Å². The molecule has 1 saturated carbocycles. The molecule has 0 radical (unpaired) electrons. The molecular weight excluding hydrogens is 284 g/mol. The van der Waals surface area contributed by atoms with Gasteiger partial charge in [-0.3, -0.25) is 9.71 Å². The lowest BCUT2D eigenvalue weighted by Gasteiger charge is -2.21. The Morgan fingerprint density at radius 3 is 2.63 bits per heavy atom.